The highest BCUT2D eigenvalue weighted by Gasteiger charge is 2.26. The van der Waals surface area contributed by atoms with Gasteiger partial charge in [0.25, 0.3) is 0 Å². The highest BCUT2D eigenvalue weighted by molar-refractivity contribution is 5.11. The van der Waals surface area contributed by atoms with Gasteiger partial charge in [-0.25, -0.2) is 9.97 Å². The third kappa shape index (κ3) is 3.16. The molecule has 1 fully saturated rings. The summed E-state index contributed by atoms with van der Waals surface area (Å²) >= 11 is 0. The number of rotatable bonds is 4. The molecule has 0 saturated heterocycles. The van der Waals surface area contributed by atoms with Crippen LogP contribution in [0.3, 0.4) is 0 Å². The third-order valence-corrected chi connectivity index (χ3v) is 3.51. The van der Waals surface area contributed by atoms with E-state index in [1.165, 1.54) is 19.3 Å². The van der Waals surface area contributed by atoms with Crippen molar-refractivity contribution in [2.75, 3.05) is 13.2 Å². The maximum absolute atomic E-state index is 5.75. The number of nitrogens with two attached hydrogens (primary N) is 1. The van der Waals surface area contributed by atoms with E-state index < -0.39 is 0 Å². The molecule has 0 radical (unpaired) electrons. The molecule has 2 atom stereocenters. The summed E-state index contributed by atoms with van der Waals surface area (Å²) < 4.78 is 5.71. The van der Waals surface area contributed by atoms with Crippen LogP contribution in [0.2, 0.25) is 0 Å². The number of hydrogen-bond donors (Lipinski definition) is 1. The second-order valence-corrected chi connectivity index (χ2v) is 4.93. The van der Waals surface area contributed by atoms with Crippen molar-refractivity contribution in [2.45, 2.75) is 33.1 Å². The van der Waals surface area contributed by atoms with Crippen molar-refractivity contribution in [1.29, 1.82) is 0 Å². The Balaban J connectivity index is 1.93. The molecule has 1 aliphatic rings. The Labute approximate surface area is 103 Å². The molecule has 2 N–H and O–H groups in total. The number of aryl methyl sites for hydroxylation is 2. The maximum atomic E-state index is 5.75. The lowest BCUT2D eigenvalue weighted by molar-refractivity contribution is 0.202. The van der Waals surface area contributed by atoms with Gasteiger partial charge in [0.2, 0.25) is 0 Å². The molecule has 2 rings (SSSR count). The highest BCUT2D eigenvalue weighted by atomic mass is 16.5. The zero-order valence-corrected chi connectivity index (χ0v) is 10.6. The van der Waals surface area contributed by atoms with E-state index in [2.05, 4.69) is 9.97 Å². The minimum absolute atomic E-state index is 0.505. The Morgan fingerprint density at radius 2 is 1.88 bits per heavy atom. The van der Waals surface area contributed by atoms with Crippen LogP contribution in [-0.2, 0) is 0 Å². The molecule has 17 heavy (non-hydrogen) atoms. The summed E-state index contributed by atoms with van der Waals surface area (Å²) in [4.78, 5) is 8.56. The van der Waals surface area contributed by atoms with Gasteiger partial charge in [-0.3, -0.25) is 0 Å². The Kier molecular flexibility index (Phi) is 3.94. The summed E-state index contributed by atoms with van der Waals surface area (Å²) in [7, 11) is 0. The fourth-order valence-electron chi connectivity index (χ4n) is 2.58. The Bertz CT molecular complexity index is 361. The van der Waals surface area contributed by atoms with E-state index in [1.807, 2.05) is 19.9 Å². The molecule has 94 valence electrons. The van der Waals surface area contributed by atoms with E-state index in [-0.39, 0.29) is 0 Å². The fourth-order valence-corrected chi connectivity index (χ4v) is 2.58. The van der Waals surface area contributed by atoms with Crippen molar-refractivity contribution >= 4 is 0 Å². The first kappa shape index (κ1) is 12.3. The molecule has 4 heteroatoms. The van der Waals surface area contributed by atoms with Gasteiger partial charge in [0.05, 0.1) is 6.61 Å². The standard InChI is InChI=1S/C13H21N3O/c1-9-6-10(2)16-13(15-9)17-8-12-5-3-4-11(12)7-14/h6,11-12H,3-5,7-8,14H2,1-2H3. The van der Waals surface area contributed by atoms with Gasteiger partial charge in [-0.2, -0.15) is 0 Å². The first-order chi connectivity index (χ1) is 8.19. The summed E-state index contributed by atoms with van der Waals surface area (Å²) in [6, 6.07) is 2.45. The molecule has 4 nitrogen and oxygen atoms in total. The van der Waals surface area contributed by atoms with Gasteiger partial charge >= 0.3 is 6.01 Å². The van der Waals surface area contributed by atoms with Crippen LogP contribution in [0.4, 0.5) is 0 Å². The number of aromatic nitrogens is 2. The molecule has 0 bridgehead atoms. The van der Waals surface area contributed by atoms with Crippen LogP contribution >= 0.6 is 0 Å². The summed E-state index contributed by atoms with van der Waals surface area (Å²) in [6.07, 6.45) is 3.72. The summed E-state index contributed by atoms with van der Waals surface area (Å²) in [5, 5.41) is 0. The highest BCUT2D eigenvalue weighted by Crippen LogP contribution is 2.31. The number of hydrogen-bond acceptors (Lipinski definition) is 4. The minimum atomic E-state index is 0.505. The molecule has 0 aromatic carbocycles. The molecular formula is C13H21N3O. The molecule has 0 aliphatic heterocycles. The van der Waals surface area contributed by atoms with Gasteiger partial charge in [-0.1, -0.05) is 6.42 Å². The molecular weight excluding hydrogens is 214 g/mol. The van der Waals surface area contributed by atoms with E-state index in [4.69, 9.17) is 10.5 Å². The van der Waals surface area contributed by atoms with Crippen LogP contribution in [0.15, 0.2) is 6.07 Å². The van der Waals surface area contributed by atoms with Crippen molar-refractivity contribution in [1.82, 2.24) is 9.97 Å². The Morgan fingerprint density at radius 3 is 2.53 bits per heavy atom. The molecule has 1 aromatic heterocycles. The van der Waals surface area contributed by atoms with Crippen molar-refractivity contribution in [3.63, 3.8) is 0 Å². The summed E-state index contributed by atoms with van der Waals surface area (Å²) in [6.45, 7) is 5.38. The van der Waals surface area contributed by atoms with Crippen molar-refractivity contribution < 1.29 is 4.74 Å². The zero-order chi connectivity index (χ0) is 12.3. The van der Waals surface area contributed by atoms with E-state index in [9.17, 15) is 0 Å². The SMILES string of the molecule is Cc1cc(C)nc(OCC2CCCC2CN)n1. The van der Waals surface area contributed by atoms with Gasteiger partial charge in [0, 0.05) is 11.4 Å². The monoisotopic (exact) mass is 235 g/mol. The molecule has 1 aromatic rings. The summed E-state index contributed by atoms with van der Waals surface area (Å²) in [5.74, 6) is 1.19. The molecule has 0 amide bonds. The van der Waals surface area contributed by atoms with Crippen LogP contribution in [0.1, 0.15) is 30.7 Å². The number of nitrogens with zero attached hydrogens (tertiary/aromatic N) is 2. The first-order valence-electron chi connectivity index (χ1n) is 6.34. The second kappa shape index (κ2) is 5.45. The second-order valence-electron chi connectivity index (χ2n) is 4.93. The quantitative estimate of drug-likeness (QED) is 0.865. The van der Waals surface area contributed by atoms with Gasteiger partial charge in [0.1, 0.15) is 0 Å². The van der Waals surface area contributed by atoms with Gasteiger partial charge < -0.3 is 10.5 Å². The van der Waals surface area contributed by atoms with Crippen LogP contribution < -0.4 is 10.5 Å². The van der Waals surface area contributed by atoms with Gasteiger partial charge in [-0.05, 0) is 51.1 Å². The van der Waals surface area contributed by atoms with Crippen molar-refractivity contribution in [3.05, 3.63) is 17.5 Å². The van der Waals surface area contributed by atoms with E-state index in [0.717, 1.165) is 17.9 Å². The first-order valence-corrected chi connectivity index (χ1v) is 6.34. The topological polar surface area (TPSA) is 61.0 Å². The Hall–Kier alpha value is -1.16. The molecule has 1 heterocycles. The predicted octanol–water partition coefficient (Wildman–Crippen LogP) is 1.85. The van der Waals surface area contributed by atoms with Crippen LogP contribution in [0.5, 0.6) is 6.01 Å². The lowest BCUT2D eigenvalue weighted by Gasteiger charge is -2.17. The van der Waals surface area contributed by atoms with E-state index in [1.54, 1.807) is 0 Å². The third-order valence-electron chi connectivity index (χ3n) is 3.51. The summed E-state index contributed by atoms with van der Waals surface area (Å²) in [5.41, 5.74) is 7.66. The average molecular weight is 235 g/mol. The van der Waals surface area contributed by atoms with Crippen molar-refractivity contribution in [2.24, 2.45) is 17.6 Å². The van der Waals surface area contributed by atoms with Crippen LogP contribution in [0, 0.1) is 25.7 Å². The fraction of sp³-hybridized carbons (Fsp3) is 0.692. The molecule has 1 saturated carbocycles. The smallest absolute Gasteiger partial charge is 0.316 e. The molecule has 1 aliphatic carbocycles. The normalized spacial score (nSPS) is 23.9. The maximum Gasteiger partial charge on any atom is 0.316 e. The number of ether oxygens (including phenoxy) is 1. The van der Waals surface area contributed by atoms with Gasteiger partial charge in [0.15, 0.2) is 0 Å². The average Bonchev–Trinajstić information content (AvgIpc) is 2.72. The van der Waals surface area contributed by atoms with Gasteiger partial charge in [-0.15, -0.1) is 0 Å². The lowest BCUT2D eigenvalue weighted by Crippen LogP contribution is -2.23. The minimum Gasteiger partial charge on any atom is -0.463 e. The zero-order valence-electron chi connectivity index (χ0n) is 10.6. The van der Waals surface area contributed by atoms with Crippen molar-refractivity contribution in [3.8, 4) is 6.01 Å². The molecule has 2 unspecified atom stereocenters. The van der Waals surface area contributed by atoms with E-state index in [0.29, 0.717) is 24.5 Å². The van der Waals surface area contributed by atoms with Crippen LogP contribution in [-0.4, -0.2) is 23.1 Å². The Morgan fingerprint density at radius 1 is 1.24 bits per heavy atom. The predicted molar refractivity (Wildman–Crippen MR) is 66.9 cm³/mol. The largest absolute Gasteiger partial charge is 0.463 e. The molecule has 0 spiro atoms. The van der Waals surface area contributed by atoms with E-state index >= 15 is 0 Å². The van der Waals surface area contributed by atoms with Crippen LogP contribution in [0.25, 0.3) is 0 Å². The lowest BCUT2D eigenvalue weighted by atomic mass is 9.97.